The van der Waals surface area contributed by atoms with Crippen LogP contribution in [0.15, 0.2) is 60.7 Å². The van der Waals surface area contributed by atoms with Crippen molar-refractivity contribution in [3.05, 3.63) is 98.5 Å². The predicted molar refractivity (Wildman–Crippen MR) is 128 cm³/mol. The highest BCUT2D eigenvalue weighted by atomic mass is 35.5. The van der Waals surface area contributed by atoms with Crippen molar-refractivity contribution in [3.8, 4) is 0 Å². The van der Waals surface area contributed by atoms with Gasteiger partial charge in [-0.05, 0) is 65.6 Å². The first-order valence-electron chi connectivity index (χ1n) is 10.6. The van der Waals surface area contributed by atoms with E-state index in [4.69, 9.17) is 28.9 Å². The lowest BCUT2D eigenvalue weighted by Gasteiger charge is -2.20. The van der Waals surface area contributed by atoms with Gasteiger partial charge < -0.3 is 16.0 Å². The first-order valence-corrected chi connectivity index (χ1v) is 11.4. The molecule has 1 atom stereocenters. The Morgan fingerprint density at radius 3 is 2.46 bits per heavy atom. The van der Waals surface area contributed by atoms with Crippen LogP contribution >= 0.6 is 23.2 Å². The highest BCUT2D eigenvalue weighted by Gasteiger charge is 2.31. The van der Waals surface area contributed by atoms with E-state index in [0.29, 0.717) is 34.4 Å². The molecule has 4 rings (SSSR count). The van der Waals surface area contributed by atoms with Crippen LogP contribution in [0.2, 0.25) is 10.0 Å². The van der Waals surface area contributed by atoms with E-state index in [1.807, 2.05) is 0 Å². The van der Waals surface area contributed by atoms with Crippen molar-refractivity contribution in [2.75, 3.05) is 5.32 Å². The maximum absolute atomic E-state index is 12.9. The fourth-order valence-electron chi connectivity index (χ4n) is 3.91. The van der Waals surface area contributed by atoms with Crippen LogP contribution < -0.4 is 11.1 Å². The van der Waals surface area contributed by atoms with Gasteiger partial charge in [0.05, 0.1) is 11.6 Å². The Morgan fingerprint density at radius 1 is 1.00 bits per heavy atom. The number of carbonyl (C=O) groups excluding carboxylic acids is 2. The summed E-state index contributed by atoms with van der Waals surface area (Å²) in [5.41, 5.74) is 7.99. The minimum Gasteiger partial charge on any atom is -0.333 e. The molecule has 0 unspecified atom stereocenters. The fourth-order valence-corrected chi connectivity index (χ4v) is 4.40. The van der Waals surface area contributed by atoms with Gasteiger partial charge in [-0.3, -0.25) is 9.59 Å². The summed E-state index contributed by atoms with van der Waals surface area (Å²) >= 11 is 12.1. The molecule has 0 fully saturated rings. The molecule has 3 aromatic rings. The number of nitrogens with one attached hydrogen (secondary N) is 1. The third kappa shape index (κ3) is 5.78. The highest BCUT2D eigenvalue weighted by Crippen LogP contribution is 2.30. The molecule has 0 spiro atoms. The maximum Gasteiger partial charge on any atom is 0.416 e. The summed E-state index contributed by atoms with van der Waals surface area (Å²) in [5, 5.41) is 3.54. The van der Waals surface area contributed by atoms with Crippen LogP contribution in [0.5, 0.6) is 0 Å². The normalized spacial score (nSPS) is 13.9. The van der Waals surface area contributed by atoms with Crippen molar-refractivity contribution < 1.29 is 22.8 Å². The van der Waals surface area contributed by atoms with Crippen LogP contribution in [-0.4, -0.2) is 22.8 Å². The number of anilines is 1. The number of rotatable bonds is 5. The molecule has 5 nitrogen and oxygen atoms in total. The number of nitrogens with two attached hydrogens (primary N) is 1. The van der Waals surface area contributed by atoms with Gasteiger partial charge in [-0.1, -0.05) is 41.4 Å². The average Bonchev–Trinajstić information content (AvgIpc) is 3.23. The van der Waals surface area contributed by atoms with E-state index in [0.717, 1.165) is 23.3 Å². The topological polar surface area (TPSA) is 75.4 Å². The zero-order valence-electron chi connectivity index (χ0n) is 18.2. The van der Waals surface area contributed by atoms with E-state index in [2.05, 4.69) is 5.32 Å². The maximum atomic E-state index is 12.9. The van der Waals surface area contributed by atoms with E-state index in [1.165, 1.54) is 12.1 Å². The molecule has 0 bridgehead atoms. The molecule has 182 valence electrons. The second kappa shape index (κ2) is 9.89. The molecule has 3 N–H and O–H groups in total. The molecular weight excluding hydrogens is 502 g/mol. The van der Waals surface area contributed by atoms with E-state index in [-0.39, 0.29) is 17.9 Å². The van der Waals surface area contributed by atoms with E-state index in [1.54, 1.807) is 41.3 Å². The molecule has 35 heavy (non-hydrogen) atoms. The van der Waals surface area contributed by atoms with Crippen molar-refractivity contribution in [1.29, 1.82) is 0 Å². The van der Waals surface area contributed by atoms with Crippen molar-refractivity contribution in [2.24, 2.45) is 5.73 Å². The Kier molecular flexibility index (Phi) is 7.07. The lowest BCUT2D eigenvalue weighted by molar-refractivity contribution is -0.137. The Hall–Kier alpha value is -3.07. The Balaban J connectivity index is 1.41. The van der Waals surface area contributed by atoms with Gasteiger partial charge in [-0.25, -0.2) is 0 Å². The quantitative estimate of drug-likeness (QED) is 0.453. The van der Waals surface area contributed by atoms with Gasteiger partial charge in [0.1, 0.15) is 0 Å². The molecule has 1 aliphatic heterocycles. The number of carbonyl (C=O) groups is 2. The van der Waals surface area contributed by atoms with Gasteiger partial charge in [0.2, 0.25) is 5.91 Å². The largest absolute Gasteiger partial charge is 0.416 e. The van der Waals surface area contributed by atoms with Crippen LogP contribution in [0.3, 0.4) is 0 Å². The number of amides is 2. The first kappa shape index (κ1) is 25.0. The molecule has 0 aromatic heterocycles. The summed E-state index contributed by atoms with van der Waals surface area (Å²) in [4.78, 5) is 27.0. The fraction of sp³-hybridized carbons (Fsp3) is 0.200. The summed E-state index contributed by atoms with van der Waals surface area (Å²) in [6, 6.07) is 13.5. The molecule has 0 saturated carbocycles. The first-order chi connectivity index (χ1) is 16.5. The van der Waals surface area contributed by atoms with Gasteiger partial charge in [-0.2, -0.15) is 13.2 Å². The number of halogens is 5. The second-order valence-electron chi connectivity index (χ2n) is 8.26. The third-order valence-electron chi connectivity index (χ3n) is 5.72. The zero-order valence-corrected chi connectivity index (χ0v) is 19.7. The monoisotopic (exact) mass is 521 g/mol. The highest BCUT2D eigenvalue weighted by molar-refractivity contribution is 6.35. The Morgan fingerprint density at radius 2 is 1.74 bits per heavy atom. The van der Waals surface area contributed by atoms with E-state index in [9.17, 15) is 22.8 Å². The van der Waals surface area contributed by atoms with Crippen LogP contribution in [-0.2, 0) is 30.5 Å². The Bertz CT molecular complexity index is 1300. The second-order valence-corrected chi connectivity index (χ2v) is 9.10. The van der Waals surface area contributed by atoms with E-state index < -0.39 is 23.7 Å². The van der Waals surface area contributed by atoms with Gasteiger partial charge in [0.25, 0.3) is 5.91 Å². The molecule has 1 aliphatic rings. The van der Waals surface area contributed by atoms with Crippen LogP contribution in [0.4, 0.5) is 18.9 Å². The molecule has 1 heterocycles. The number of fused-ring (bicyclic) bond motifs is 1. The molecule has 3 aromatic carbocycles. The standard InChI is InChI=1S/C25H20Cl2F3N3O2/c26-19-6-4-14(21(27)11-19)10-22(31)24(35)33-12-16-5-7-20(9-17(16)13-33)32-23(34)15-2-1-3-18(8-15)25(28,29)30/h1-9,11,22H,10,12-13,31H2,(H,32,34)/t22-/m1/s1. The summed E-state index contributed by atoms with van der Waals surface area (Å²) < 4.78 is 38.8. The number of nitrogens with zero attached hydrogens (tertiary/aromatic N) is 1. The lowest BCUT2D eigenvalue weighted by atomic mass is 10.1. The zero-order chi connectivity index (χ0) is 25.3. The van der Waals surface area contributed by atoms with E-state index >= 15 is 0 Å². The molecule has 2 amide bonds. The predicted octanol–water partition coefficient (Wildman–Crippen LogP) is 5.68. The Labute approximate surface area is 209 Å². The van der Waals surface area contributed by atoms with Gasteiger partial charge in [0.15, 0.2) is 0 Å². The molecule has 0 aliphatic carbocycles. The number of hydrogen-bond acceptors (Lipinski definition) is 3. The minimum atomic E-state index is -4.54. The molecule has 10 heteroatoms. The summed E-state index contributed by atoms with van der Waals surface area (Å²) in [6.45, 7) is 0.654. The van der Waals surface area contributed by atoms with Gasteiger partial charge in [-0.15, -0.1) is 0 Å². The number of benzene rings is 3. The summed E-state index contributed by atoms with van der Waals surface area (Å²) in [5.74, 6) is -0.911. The minimum absolute atomic E-state index is 0.107. The number of alkyl halides is 3. The van der Waals surface area contributed by atoms with Crippen molar-refractivity contribution in [1.82, 2.24) is 4.90 Å². The van der Waals surface area contributed by atoms with Gasteiger partial charge in [0, 0.05) is 34.4 Å². The van der Waals surface area contributed by atoms with Gasteiger partial charge >= 0.3 is 6.18 Å². The van der Waals surface area contributed by atoms with Crippen molar-refractivity contribution in [3.63, 3.8) is 0 Å². The summed E-state index contributed by atoms with van der Waals surface area (Å²) in [7, 11) is 0. The lowest BCUT2D eigenvalue weighted by Crippen LogP contribution is -2.42. The summed E-state index contributed by atoms with van der Waals surface area (Å²) in [6.07, 6.45) is -4.29. The SMILES string of the molecule is N[C@H](Cc1ccc(Cl)cc1Cl)C(=O)N1Cc2ccc(NC(=O)c3cccc(C(F)(F)F)c3)cc2C1. The van der Waals surface area contributed by atoms with Crippen LogP contribution in [0.1, 0.15) is 32.6 Å². The molecule has 0 saturated heterocycles. The number of hydrogen-bond donors (Lipinski definition) is 2. The van der Waals surface area contributed by atoms with Crippen LogP contribution in [0, 0.1) is 0 Å². The van der Waals surface area contributed by atoms with Crippen molar-refractivity contribution in [2.45, 2.75) is 31.7 Å². The smallest absolute Gasteiger partial charge is 0.333 e. The molecule has 0 radical (unpaired) electrons. The average molecular weight is 522 g/mol. The van der Waals surface area contributed by atoms with Crippen LogP contribution in [0.25, 0.3) is 0 Å². The van der Waals surface area contributed by atoms with Crippen molar-refractivity contribution >= 4 is 40.7 Å². The molecular formula is C25H20Cl2F3N3O2. The third-order valence-corrected chi connectivity index (χ3v) is 6.31.